The number of likely N-dealkylation sites (tertiary alicyclic amines) is 1. The quantitative estimate of drug-likeness (QED) is 0.821. The lowest BCUT2D eigenvalue weighted by molar-refractivity contribution is -0.131. The second-order valence-corrected chi connectivity index (χ2v) is 6.12. The predicted molar refractivity (Wildman–Crippen MR) is 96.4 cm³/mol. The molecule has 0 spiro atoms. The number of nitrogens with zero attached hydrogens (tertiary/aromatic N) is 1. The van der Waals surface area contributed by atoms with E-state index in [0.717, 1.165) is 41.7 Å². The van der Waals surface area contributed by atoms with Gasteiger partial charge in [-0.1, -0.05) is 36.8 Å². The van der Waals surface area contributed by atoms with E-state index in [0.29, 0.717) is 6.61 Å². The van der Waals surface area contributed by atoms with Crippen LogP contribution in [0.1, 0.15) is 24.8 Å². The Morgan fingerprint density at radius 1 is 1.12 bits per heavy atom. The Morgan fingerprint density at radius 2 is 1.92 bits per heavy atom. The molecule has 4 nitrogen and oxygen atoms in total. The zero-order valence-electron chi connectivity index (χ0n) is 13.8. The summed E-state index contributed by atoms with van der Waals surface area (Å²) >= 11 is 0. The molecule has 0 bridgehead atoms. The molecule has 0 radical (unpaired) electrons. The van der Waals surface area contributed by atoms with Gasteiger partial charge in [0.1, 0.15) is 12.4 Å². The number of ether oxygens (including phenoxy) is 1. The summed E-state index contributed by atoms with van der Waals surface area (Å²) < 4.78 is 5.99. The predicted octanol–water partition coefficient (Wildman–Crippen LogP) is 3.80. The van der Waals surface area contributed by atoms with Crippen LogP contribution in [-0.4, -0.2) is 42.2 Å². The highest BCUT2D eigenvalue weighted by molar-refractivity contribution is 5.96. The van der Waals surface area contributed by atoms with E-state index in [-0.39, 0.29) is 0 Å². The maximum absolute atomic E-state index is 10.9. The number of carboxylic acid groups (broad SMARTS) is 1. The molecule has 0 aliphatic carbocycles. The number of rotatable bonds is 6. The first-order valence-electron chi connectivity index (χ1n) is 8.52. The number of fused-ring (bicyclic) bond motifs is 1. The summed E-state index contributed by atoms with van der Waals surface area (Å²) in [4.78, 5) is 13.3. The van der Waals surface area contributed by atoms with Crippen molar-refractivity contribution in [2.24, 2.45) is 0 Å². The smallest absolute Gasteiger partial charge is 0.328 e. The van der Waals surface area contributed by atoms with E-state index in [1.54, 1.807) is 6.08 Å². The van der Waals surface area contributed by atoms with Gasteiger partial charge in [-0.05, 0) is 48.8 Å². The first-order valence-corrected chi connectivity index (χ1v) is 8.52. The van der Waals surface area contributed by atoms with Crippen LogP contribution in [0.2, 0.25) is 0 Å². The van der Waals surface area contributed by atoms with E-state index in [1.807, 2.05) is 36.4 Å². The van der Waals surface area contributed by atoms with Crippen molar-refractivity contribution in [3.8, 4) is 5.75 Å². The minimum atomic E-state index is -0.956. The number of carbonyl (C=O) groups is 1. The highest BCUT2D eigenvalue weighted by Crippen LogP contribution is 2.29. The van der Waals surface area contributed by atoms with Gasteiger partial charge in [0.25, 0.3) is 0 Å². The largest absolute Gasteiger partial charge is 0.492 e. The summed E-state index contributed by atoms with van der Waals surface area (Å²) in [6.07, 6.45) is 6.65. The third-order valence-electron chi connectivity index (χ3n) is 4.44. The summed E-state index contributed by atoms with van der Waals surface area (Å²) in [5.74, 6) is -0.217. The van der Waals surface area contributed by atoms with E-state index in [9.17, 15) is 4.79 Å². The molecule has 4 heteroatoms. The molecule has 2 aromatic rings. The Morgan fingerprint density at radius 3 is 2.71 bits per heavy atom. The van der Waals surface area contributed by atoms with Crippen molar-refractivity contribution in [3.05, 3.63) is 48.0 Å². The van der Waals surface area contributed by atoms with E-state index >= 15 is 0 Å². The van der Waals surface area contributed by atoms with Crippen LogP contribution < -0.4 is 4.74 Å². The van der Waals surface area contributed by atoms with Gasteiger partial charge in [-0.25, -0.2) is 4.79 Å². The molecule has 1 aliphatic heterocycles. The van der Waals surface area contributed by atoms with Crippen molar-refractivity contribution < 1.29 is 14.6 Å². The fourth-order valence-corrected chi connectivity index (χ4v) is 3.20. The molecule has 1 N–H and O–H groups in total. The van der Waals surface area contributed by atoms with Gasteiger partial charge in [-0.2, -0.15) is 0 Å². The van der Waals surface area contributed by atoms with E-state index in [2.05, 4.69) is 4.90 Å². The minimum absolute atomic E-state index is 0.617. The lowest BCUT2D eigenvalue weighted by Gasteiger charge is -2.26. The van der Waals surface area contributed by atoms with Crippen LogP contribution in [0, 0.1) is 0 Å². The number of hydrogen-bond donors (Lipinski definition) is 1. The van der Waals surface area contributed by atoms with Crippen LogP contribution in [0.15, 0.2) is 42.5 Å². The van der Waals surface area contributed by atoms with Gasteiger partial charge in [0, 0.05) is 18.2 Å². The molecule has 0 amide bonds. The van der Waals surface area contributed by atoms with Crippen molar-refractivity contribution in [1.29, 1.82) is 0 Å². The lowest BCUT2D eigenvalue weighted by Crippen LogP contribution is -2.33. The molecular weight excluding hydrogens is 302 g/mol. The van der Waals surface area contributed by atoms with Crippen molar-refractivity contribution in [1.82, 2.24) is 4.90 Å². The van der Waals surface area contributed by atoms with Crippen molar-refractivity contribution >= 4 is 22.8 Å². The third-order valence-corrected chi connectivity index (χ3v) is 4.44. The van der Waals surface area contributed by atoms with Gasteiger partial charge in [-0.3, -0.25) is 4.90 Å². The molecule has 1 aliphatic rings. The molecule has 1 fully saturated rings. The average Bonchev–Trinajstić information content (AvgIpc) is 2.61. The van der Waals surface area contributed by atoms with Crippen LogP contribution >= 0.6 is 0 Å². The van der Waals surface area contributed by atoms with E-state index in [4.69, 9.17) is 9.84 Å². The molecule has 0 aromatic heterocycles. The van der Waals surface area contributed by atoms with Crippen LogP contribution in [0.5, 0.6) is 5.75 Å². The lowest BCUT2D eigenvalue weighted by atomic mass is 10.0. The first kappa shape index (κ1) is 16.5. The van der Waals surface area contributed by atoms with Gasteiger partial charge in [-0.15, -0.1) is 0 Å². The highest BCUT2D eigenvalue weighted by atomic mass is 16.5. The molecule has 1 saturated heterocycles. The Balaban J connectivity index is 1.78. The molecule has 1 heterocycles. The minimum Gasteiger partial charge on any atom is -0.492 e. The van der Waals surface area contributed by atoms with E-state index < -0.39 is 5.97 Å². The van der Waals surface area contributed by atoms with Crippen LogP contribution in [0.25, 0.3) is 16.8 Å². The SMILES string of the molecule is O=C(O)C=Cc1c(OCCN2CCCCC2)ccc2ccccc12. The van der Waals surface area contributed by atoms with Gasteiger partial charge in [0.2, 0.25) is 0 Å². The molecule has 2 aromatic carbocycles. The van der Waals surface area contributed by atoms with Gasteiger partial charge in [0.15, 0.2) is 0 Å². The van der Waals surface area contributed by atoms with Crippen LogP contribution in [0.3, 0.4) is 0 Å². The van der Waals surface area contributed by atoms with Crippen molar-refractivity contribution in [3.63, 3.8) is 0 Å². The van der Waals surface area contributed by atoms with Gasteiger partial charge < -0.3 is 9.84 Å². The maximum atomic E-state index is 10.9. The Labute approximate surface area is 142 Å². The maximum Gasteiger partial charge on any atom is 0.328 e. The monoisotopic (exact) mass is 325 g/mol. The van der Waals surface area contributed by atoms with Crippen molar-refractivity contribution in [2.75, 3.05) is 26.2 Å². The van der Waals surface area contributed by atoms with Gasteiger partial charge >= 0.3 is 5.97 Å². The standard InChI is InChI=1S/C20H23NO3/c22-20(23)11-9-18-17-7-3-2-6-16(17)8-10-19(18)24-15-14-21-12-4-1-5-13-21/h2-3,6-11H,1,4-5,12-15H2,(H,22,23). The zero-order chi connectivity index (χ0) is 16.8. The highest BCUT2D eigenvalue weighted by Gasteiger charge is 2.11. The summed E-state index contributed by atoms with van der Waals surface area (Å²) in [5, 5.41) is 11.0. The Kier molecular flexibility index (Phi) is 5.49. The third kappa shape index (κ3) is 4.15. The first-order chi connectivity index (χ1) is 11.7. The molecule has 3 rings (SSSR count). The molecule has 126 valence electrons. The number of hydrogen-bond acceptors (Lipinski definition) is 3. The molecule has 0 unspecified atom stereocenters. The zero-order valence-corrected chi connectivity index (χ0v) is 13.8. The number of piperidine rings is 1. The summed E-state index contributed by atoms with van der Waals surface area (Å²) in [6, 6.07) is 11.9. The number of carboxylic acids is 1. The molecule has 0 saturated carbocycles. The fraction of sp³-hybridized carbons (Fsp3) is 0.350. The molecular formula is C20H23NO3. The average molecular weight is 325 g/mol. The summed E-state index contributed by atoms with van der Waals surface area (Å²) in [6.45, 7) is 3.82. The second-order valence-electron chi connectivity index (χ2n) is 6.12. The number of aliphatic carboxylic acids is 1. The number of benzene rings is 2. The summed E-state index contributed by atoms with van der Waals surface area (Å²) in [7, 11) is 0. The summed E-state index contributed by atoms with van der Waals surface area (Å²) in [5.41, 5.74) is 0.828. The molecule has 0 atom stereocenters. The van der Waals surface area contributed by atoms with Crippen LogP contribution in [-0.2, 0) is 4.79 Å². The Bertz CT molecular complexity index is 733. The van der Waals surface area contributed by atoms with Gasteiger partial charge in [0.05, 0.1) is 0 Å². The Hall–Kier alpha value is -2.33. The fourth-order valence-electron chi connectivity index (χ4n) is 3.20. The van der Waals surface area contributed by atoms with Crippen molar-refractivity contribution in [2.45, 2.75) is 19.3 Å². The normalized spacial score (nSPS) is 15.8. The second kappa shape index (κ2) is 7.97. The van der Waals surface area contributed by atoms with E-state index in [1.165, 1.54) is 25.3 Å². The van der Waals surface area contributed by atoms with Crippen LogP contribution in [0.4, 0.5) is 0 Å². The topological polar surface area (TPSA) is 49.8 Å². The molecule has 24 heavy (non-hydrogen) atoms.